The van der Waals surface area contributed by atoms with E-state index in [1.165, 1.54) is 0 Å². The maximum Gasteiger partial charge on any atom is 0.123 e. The van der Waals surface area contributed by atoms with Gasteiger partial charge in [0.15, 0.2) is 0 Å². The number of aliphatic hydroxyl groups is 1. The van der Waals surface area contributed by atoms with Crippen LogP contribution in [0.4, 0.5) is 0 Å². The van der Waals surface area contributed by atoms with E-state index in [0.717, 1.165) is 15.6 Å². The van der Waals surface area contributed by atoms with Gasteiger partial charge in [-0.25, -0.2) is 0 Å². The Labute approximate surface area is 103 Å². The molecule has 0 amide bonds. The molecule has 16 heavy (non-hydrogen) atoms. The van der Waals surface area contributed by atoms with E-state index < -0.39 is 6.10 Å². The van der Waals surface area contributed by atoms with Crippen LogP contribution in [0.3, 0.4) is 0 Å². The lowest BCUT2D eigenvalue weighted by Gasteiger charge is -2.12. The molecule has 0 spiro atoms. The highest BCUT2D eigenvalue weighted by Crippen LogP contribution is 2.27. The lowest BCUT2D eigenvalue weighted by atomic mass is 10.0. The van der Waals surface area contributed by atoms with Crippen molar-refractivity contribution in [3.8, 4) is 0 Å². The zero-order chi connectivity index (χ0) is 11.7. The van der Waals surface area contributed by atoms with E-state index in [4.69, 9.17) is 0 Å². The lowest BCUT2D eigenvalue weighted by molar-refractivity contribution is 0.213. The monoisotopic (exact) mass is 280 g/mol. The van der Waals surface area contributed by atoms with E-state index in [0.29, 0.717) is 5.69 Å². The van der Waals surface area contributed by atoms with Gasteiger partial charge in [-0.3, -0.25) is 4.68 Å². The summed E-state index contributed by atoms with van der Waals surface area (Å²) in [5.41, 5.74) is 2.59. The zero-order valence-corrected chi connectivity index (χ0v) is 10.8. The third-order valence-electron chi connectivity index (χ3n) is 2.62. The Hall–Kier alpha value is -1.13. The standard InChI is InChI=1S/C12H13BrN2O/c1-8-9(4-3-5-10(8)13)12(16)11-6-7-15(2)14-11/h3-7,12,16H,1-2H3. The molecular weight excluding hydrogens is 268 g/mol. The highest BCUT2D eigenvalue weighted by Gasteiger charge is 2.16. The number of aliphatic hydroxyl groups excluding tert-OH is 1. The summed E-state index contributed by atoms with van der Waals surface area (Å²) in [6.07, 6.45) is 1.16. The SMILES string of the molecule is Cc1c(Br)cccc1C(O)c1ccn(C)n1. The molecule has 0 aliphatic heterocycles. The first kappa shape index (κ1) is 11.4. The summed E-state index contributed by atoms with van der Waals surface area (Å²) < 4.78 is 2.69. The number of hydrogen-bond acceptors (Lipinski definition) is 2. The van der Waals surface area contributed by atoms with Gasteiger partial charge < -0.3 is 5.11 Å². The summed E-state index contributed by atoms with van der Waals surface area (Å²) in [5.74, 6) is 0. The molecule has 4 heteroatoms. The summed E-state index contributed by atoms with van der Waals surface area (Å²) in [7, 11) is 1.84. The minimum absolute atomic E-state index is 0.668. The number of rotatable bonds is 2. The van der Waals surface area contributed by atoms with Gasteiger partial charge in [0.1, 0.15) is 6.10 Å². The number of aryl methyl sites for hydroxylation is 1. The van der Waals surface area contributed by atoms with Crippen molar-refractivity contribution in [2.75, 3.05) is 0 Å². The summed E-state index contributed by atoms with van der Waals surface area (Å²) in [5, 5.41) is 14.4. The van der Waals surface area contributed by atoms with Crippen LogP contribution in [-0.4, -0.2) is 14.9 Å². The molecule has 0 aliphatic rings. The third-order valence-corrected chi connectivity index (χ3v) is 3.48. The van der Waals surface area contributed by atoms with Crippen molar-refractivity contribution in [1.29, 1.82) is 0 Å². The van der Waals surface area contributed by atoms with E-state index in [2.05, 4.69) is 21.0 Å². The molecule has 0 radical (unpaired) electrons. The molecule has 0 saturated carbocycles. The topological polar surface area (TPSA) is 38.0 Å². The van der Waals surface area contributed by atoms with Crippen LogP contribution in [0, 0.1) is 6.92 Å². The first-order valence-electron chi connectivity index (χ1n) is 5.02. The Balaban J connectivity index is 2.41. The Morgan fingerprint density at radius 2 is 2.12 bits per heavy atom. The van der Waals surface area contributed by atoms with Gasteiger partial charge in [0.05, 0.1) is 5.69 Å². The summed E-state index contributed by atoms with van der Waals surface area (Å²) in [4.78, 5) is 0. The number of benzene rings is 1. The van der Waals surface area contributed by atoms with Crippen LogP contribution in [0.2, 0.25) is 0 Å². The van der Waals surface area contributed by atoms with Gasteiger partial charge in [-0.15, -0.1) is 0 Å². The molecule has 84 valence electrons. The third kappa shape index (κ3) is 2.03. The molecule has 3 nitrogen and oxygen atoms in total. The van der Waals surface area contributed by atoms with Gasteiger partial charge in [0.2, 0.25) is 0 Å². The van der Waals surface area contributed by atoms with Crippen molar-refractivity contribution in [1.82, 2.24) is 9.78 Å². The molecule has 2 aromatic rings. The van der Waals surface area contributed by atoms with E-state index in [1.54, 1.807) is 4.68 Å². The van der Waals surface area contributed by atoms with Gasteiger partial charge in [0, 0.05) is 17.7 Å². The van der Waals surface area contributed by atoms with Crippen LogP contribution in [0.1, 0.15) is 22.9 Å². The highest BCUT2D eigenvalue weighted by molar-refractivity contribution is 9.10. The maximum absolute atomic E-state index is 10.2. The molecule has 1 atom stereocenters. The quantitative estimate of drug-likeness (QED) is 0.918. The van der Waals surface area contributed by atoms with Gasteiger partial charge in [0.25, 0.3) is 0 Å². The number of halogens is 1. The van der Waals surface area contributed by atoms with Crippen molar-refractivity contribution in [3.63, 3.8) is 0 Å². The fourth-order valence-corrected chi connectivity index (χ4v) is 2.04. The second-order valence-corrected chi connectivity index (χ2v) is 4.63. The van der Waals surface area contributed by atoms with Crippen molar-refractivity contribution in [3.05, 3.63) is 51.8 Å². The highest BCUT2D eigenvalue weighted by atomic mass is 79.9. The normalized spacial score (nSPS) is 12.8. The fourth-order valence-electron chi connectivity index (χ4n) is 1.66. The first-order chi connectivity index (χ1) is 7.59. The average molecular weight is 281 g/mol. The van der Waals surface area contributed by atoms with Gasteiger partial charge in [-0.1, -0.05) is 28.1 Å². The van der Waals surface area contributed by atoms with E-state index >= 15 is 0 Å². The molecule has 1 unspecified atom stereocenters. The Kier molecular flexibility index (Phi) is 3.12. The smallest absolute Gasteiger partial charge is 0.123 e. The molecule has 2 rings (SSSR count). The van der Waals surface area contributed by atoms with Crippen molar-refractivity contribution in [2.45, 2.75) is 13.0 Å². The molecule has 1 heterocycles. The van der Waals surface area contributed by atoms with Crippen LogP contribution in [-0.2, 0) is 7.05 Å². The van der Waals surface area contributed by atoms with Crippen LogP contribution >= 0.6 is 15.9 Å². The summed E-state index contributed by atoms with van der Waals surface area (Å²) >= 11 is 3.46. The second kappa shape index (κ2) is 4.39. The number of nitrogens with zero attached hydrogens (tertiary/aromatic N) is 2. The maximum atomic E-state index is 10.2. The fraction of sp³-hybridized carbons (Fsp3) is 0.250. The Bertz CT molecular complexity index is 507. The van der Waals surface area contributed by atoms with E-state index in [-0.39, 0.29) is 0 Å². The van der Waals surface area contributed by atoms with Crippen LogP contribution in [0.5, 0.6) is 0 Å². The van der Waals surface area contributed by atoms with E-state index in [1.807, 2.05) is 44.4 Å². The minimum Gasteiger partial charge on any atom is -0.382 e. The first-order valence-corrected chi connectivity index (χ1v) is 5.81. The van der Waals surface area contributed by atoms with Gasteiger partial charge in [-0.2, -0.15) is 5.10 Å². The molecule has 0 bridgehead atoms. The Morgan fingerprint density at radius 1 is 1.38 bits per heavy atom. The van der Waals surface area contributed by atoms with Crippen molar-refractivity contribution >= 4 is 15.9 Å². The molecule has 1 aromatic heterocycles. The summed E-state index contributed by atoms with van der Waals surface area (Å²) in [6, 6.07) is 7.62. The second-order valence-electron chi connectivity index (χ2n) is 3.77. The molecule has 1 N–H and O–H groups in total. The predicted octanol–water partition coefficient (Wildman–Crippen LogP) is 2.57. The van der Waals surface area contributed by atoms with Crippen molar-refractivity contribution in [2.24, 2.45) is 7.05 Å². The Morgan fingerprint density at radius 3 is 2.75 bits per heavy atom. The summed E-state index contributed by atoms with van der Waals surface area (Å²) in [6.45, 7) is 1.98. The molecule has 1 aromatic carbocycles. The van der Waals surface area contributed by atoms with Crippen LogP contribution in [0.25, 0.3) is 0 Å². The predicted molar refractivity (Wildman–Crippen MR) is 66.1 cm³/mol. The minimum atomic E-state index is -0.668. The lowest BCUT2D eigenvalue weighted by Crippen LogP contribution is -2.04. The molecule has 0 fully saturated rings. The van der Waals surface area contributed by atoms with Gasteiger partial charge >= 0.3 is 0 Å². The van der Waals surface area contributed by atoms with Crippen LogP contribution < -0.4 is 0 Å². The number of hydrogen-bond donors (Lipinski definition) is 1. The molecule has 0 aliphatic carbocycles. The number of aromatic nitrogens is 2. The van der Waals surface area contributed by atoms with E-state index in [9.17, 15) is 5.11 Å². The molecule has 0 saturated heterocycles. The zero-order valence-electron chi connectivity index (χ0n) is 9.18. The van der Waals surface area contributed by atoms with Crippen LogP contribution in [0.15, 0.2) is 34.9 Å². The largest absolute Gasteiger partial charge is 0.382 e. The van der Waals surface area contributed by atoms with Gasteiger partial charge in [-0.05, 0) is 30.2 Å². The van der Waals surface area contributed by atoms with Crippen molar-refractivity contribution < 1.29 is 5.11 Å². The average Bonchev–Trinajstić information content (AvgIpc) is 2.68. The molecular formula is C12H13BrN2O.